The first kappa shape index (κ1) is 14.9. The van der Waals surface area contributed by atoms with Crippen molar-refractivity contribution in [2.45, 2.75) is 20.4 Å². The molecule has 2 aromatic heterocycles. The first-order valence-corrected chi connectivity index (χ1v) is 7.21. The molecule has 3 aromatic rings. The van der Waals surface area contributed by atoms with Crippen molar-refractivity contribution in [2.75, 3.05) is 5.73 Å². The van der Waals surface area contributed by atoms with Gasteiger partial charge in [-0.3, -0.25) is 4.79 Å². The number of aryl methyl sites for hydroxylation is 2. The average Bonchev–Trinajstić information content (AvgIpc) is 3.12. The number of nitrogens with two attached hydrogens (primary N) is 1. The molecule has 0 aliphatic rings. The minimum Gasteiger partial charge on any atom is -0.460 e. The number of carbonyl (C=O) groups is 1. The van der Waals surface area contributed by atoms with Crippen LogP contribution in [-0.2, 0) is 6.54 Å². The van der Waals surface area contributed by atoms with E-state index in [0.717, 1.165) is 11.1 Å². The second kappa shape index (κ2) is 6.00. The standard InChI is InChI=1S/C17H17N3O3/c1-10-5-3-4-6-12(10)9-19-17(21)14-15(20-23-16(14)18)13-8-7-11(2)22-13/h3-8H,9,18H2,1-2H3,(H,19,21). The van der Waals surface area contributed by atoms with Gasteiger partial charge in [-0.05, 0) is 37.1 Å². The fourth-order valence-electron chi connectivity index (χ4n) is 2.32. The Hall–Kier alpha value is -3.02. The minimum absolute atomic E-state index is 0.0312. The summed E-state index contributed by atoms with van der Waals surface area (Å²) in [5.74, 6) is 0.782. The van der Waals surface area contributed by atoms with Crippen molar-refractivity contribution in [3.63, 3.8) is 0 Å². The topological polar surface area (TPSA) is 94.3 Å². The fourth-order valence-corrected chi connectivity index (χ4v) is 2.32. The van der Waals surface area contributed by atoms with E-state index >= 15 is 0 Å². The maximum Gasteiger partial charge on any atom is 0.259 e. The Morgan fingerprint density at radius 3 is 2.70 bits per heavy atom. The molecule has 6 nitrogen and oxygen atoms in total. The van der Waals surface area contributed by atoms with Crippen LogP contribution in [0.3, 0.4) is 0 Å². The predicted octanol–water partition coefficient (Wildman–Crippen LogP) is 3.06. The number of nitrogen functional groups attached to an aromatic ring is 1. The van der Waals surface area contributed by atoms with Crippen molar-refractivity contribution in [3.05, 3.63) is 58.8 Å². The largest absolute Gasteiger partial charge is 0.460 e. The smallest absolute Gasteiger partial charge is 0.259 e. The lowest BCUT2D eigenvalue weighted by molar-refractivity contribution is 0.0952. The van der Waals surface area contributed by atoms with Crippen LogP contribution in [0.1, 0.15) is 27.2 Å². The predicted molar refractivity (Wildman–Crippen MR) is 85.7 cm³/mol. The van der Waals surface area contributed by atoms with E-state index in [0.29, 0.717) is 23.8 Å². The van der Waals surface area contributed by atoms with Crippen molar-refractivity contribution in [3.8, 4) is 11.5 Å². The van der Waals surface area contributed by atoms with Gasteiger partial charge in [0.05, 0.1) is 0 Å². The van der Waals surface area contributed by atoms with E-state index in [-0.39, 0.29) is 17.4 Å². The molecule has 0 atom stereocenters. The van der Waals surface area contributed by atoms with Crippen LogP contribution in [0.4, 0.5) is 5.88 Å². The highest BCUT2D eigenvalue weighted by Gasteiger charge is 2.24. The monoisotopic (exact) mass is 311 g/mol. The number of carbonyl (C=O) groups excluding carboxylic acids is 1. The van der Waals surface area contributed by atoms with Gasteiger partial charge in [-0.1, -0.05) is 29.4 Å². The van der Waals surface area contributed by atoms with Crippen LogP contribution >= 0.6 is 0 Å². The summed E-state index contributed by atoms with van der Waals surface area (Å²) in [6, 6.07) is 11.4. The molecule has 1 aromatic carbocycles. The molecule has 6 heteroatoms. The van der Waals surface area contributed by atoms with E-state index in [1.54, 1.807) is 12.1 Å². The number of nitrogens with zero attached hydrogens (tertiary/aromatic N) is 1. The third kappa shape index (κ3) is 2.96. The van der Waals surface area contributed by atoms with Crippen LogP contribution in [-0.4, -0.2) is 11.1 Å². The second-order valence-corrected chi connectivity index (χ2v) is 5.29. The van der Waals surface area contributed by atoms with Crippen molar-refractivity contribution in [2.24, 2.45) is 0 Å². The third-order valence-electron chi connectivity index (χ3n) is 3.62. The molecule has 23 heavy (non-hydrogen) atoms. The normalized spacial score (nSPS) is 10.7. The van der Waals surface area contributed by atoms with Crippen LogP contribution in [0, 0.1) is 13.8 Å². The molecular formula is C17H17N3O3. The summed E-state index contributed by atoms with van der Waals surface area (Å²) in [6.45, 7) is 4.20. The average molecular weight is 311 g/mol. The summed E-state index contributed by atoms with van der Waals surface area (Å²) in [5.41, 5.74) is 8.38. The van der Waals surface area contributed by atoms with E-state index in [1.807, 2.05) is 38.1 Å². The molecule has 0 aliphatic heterocycles. The molecule has 0 unspecified atom stereocenters. The number of aromatic nitrogens is 1. The highest BCUT2D eigenvalue weighted by Crippen LogP contribution is 2.28. The molecule has 118 valence electrons. The van der Waals surface area contributed by atoms with Gasteiger partial charge in [0.1, 0.15) is 11.3 Å². The SMILES string of the molecule is Cc1ccc(-c2noc(N)c2C(=O)NCc2ccccc2C)o1. The quantitative estimate of drug-likeness (QED) is 0.772. The fraction of sp³-hybridized carbons (Fsp3) is 0.176. The zero-order valence-corrected chi connectivity index (χ0v) is 12.9. The number of benzene rings is 1. The van der Waals surface area contributed by atoms with Gasteiger partial charge in [-0.25, -0.2) is 0 Å². The molecule has 0 spiro atoms. The summed E-state index contributed by atoms with van der Waals surface area (Å²) in [6.07, 6.45) is 0. The molecule has 1 amide bonds. The zero-order chi connectivity index (χ0) is 16.4. The Labute approximate surface area is 133 Å². The van der Waals surface area contributed by atoms with Gasteiger partial charge in [0.25, 0.3) is 5.91 Å². The molecule has 0 saturated heterocycles. The van der Waals surface area contributed by atoms with Gasteiger partial charge in [-0.15, -0.1) is 0 Å². The van der Waals surface area contributed by atoms with E-state index in [2.05, 4.69) is 10.5 Å². The Morgan fingerprint density at radius 1 is 1.22 bits per heavy atom. The Bertz CT molecular complexity index is 848. The summed E-state index contributed by atoms with van der Waals surface area (Å²) in [7, 11) is 0. The van der Waals surface area contributed by atoms with Gasteiger partial charge in [0.15, 0.2) is 11.5 Å². The van der Waals surface area contributed by atoms with Crippen molar-refractivity contribution in [1.82, 2.24) is 10.5 Å². The van der Waals surface area contributed by atoms with Gasteiger partial charge in [0, 0.05) is 6.54 Å². The first-order valence-electron chi connectivity index (χ1n) is 7.21. The highest BCUT2D eigenvalue weighted by atomic mass is 16.5. The number of hydrogen-bond acceptors (Lipinski definition) is 5. The van der Waals surface area contributed by atoms with Crippen molar-refractivity contribution >= 4 is 11.8 Å². The van der Waals surface area contributed by atoms with E-state index in [4.69, 9.17) is 14.7 Å². The number of nitrogens with one attached hydrogen (secondary N) is 1. The van der Waals surface area contributed by atoms with Gasteiger partial charge >= 0.3 is 0 Å². The lowest BCUT2D eigenvalue weighted by Gasteiger charge is -2.07. The Balaban J connectivity index is 1.83. The summed E-state index contributed by atoms with van der Waals surface area (Å²) >= 11 is 0. The number of hydrogen-bond donors (Lipinski definition) is 2. The van der Waals surface area contributed by atoms with Crippen molar-refractivity contribution < 1.29 is 13.7 Å². The molecule has 0 bridgehead atoms. The van der Waals surface area contributed by atoms with E-state index in [9.17, 15) is 4.79 Å². The van der Waals surface area contributed by atoms with E-state index in [1.165, 1.54) is 0 Å². The maximum absolute atomic E-state index is 12.5. The molecule has 0 radical (unpaired) electrons. The minimum atomic E-state index is -0.351. The zero-order valence-electron chi connectivity index (χ0n) is 12.9. The molecule has 3 N–H and O–H groups in total. The molecule has 2 heterocycles. The Morgan fingerprint density at radius 2 is 2.00 bits per heavy atom. The van der Waals surface area contributed by atoms with Gasteiger partial charge in [0.2, 0.25) is 5.88 Å². The molecular weight excluding hydrogens is 294 g/mol. The van der Waals surface area contributed by atoms with Crippen molar-refractivity contribution in [1.29, 1.82) is 0 Å². The number of furan rings is 1. The summed E-state index contributed by atoms with van der Waals surface area (Å²) in [4.78, 5) is 12.5. The highest BCUT2D eigenvalue weighted by molar-refractivity contribution is 6.03. The number of amides is 1. The first-order chi connectivity index (χ1) is 11.1. The van der Waals surface area contributed by atoms with E-state index < -0.39 is 0 Å². The maximum atomic E-state index is 12.5. The molecule has 0 fully saturated rings. The lowest BCUT2D eigenvalue weighted by Crippen LogP contribution is -2.24. The van der Waals surface area contributed by atoms with Gasteiger partial charge in [-0.2, -0.15) is 0 Å². The number of rotatable bonds is 4. The van der Waals surface area contributed by atoms with Crippen LogP contribution in [0.25, 0.3) is 11.5 Å². The number of anilines is 1. The third-order valence-corrected chi connectivity index (χ3v) is 3.62. The molecule has 0 saturated carbocycles. The van der Waals surface area contributed by atoms with Gasteiger partial charge < -0.3 is 20.0 Å². The molecule has 0 aliphatic carbocycles. The second-order valence-electron chi connectivity index (χ2n) is 5.29. The van der Waals surface area contributed by atoms with Crippen LogP contribution in [0.2, 0.25) is 0 Å². The molecule has 3 rings (SSSR count). The summed E-state index contributed by atoms with van der Waals surface area (Å²) in [5, 5.41) is 6.68. The van der Waals surface area contributed by atoms with Crippen LogP contribution < -0.4 is 11.1 Å². The lowest BCUT2D eigenvalue weighted by atomic mass is 10.1. The van der Waals surface area contributed by atoms with Crippen LogP contribution in [0.5, 0.6) is 0 Å². The Kier molecular flexibility index (Phi) is 3.89. The summed E-state index contributed by atoms with van der Waals surface area (Å²) < 4.78 is 10.5. The van der Waals surface area contributed by atoms with Crippen LogP contribution in [0.15, 0.2) is 45.3 Å².